The van der Waals surface area contributed by atoms with Crippen LogP contribution in [0, 0.1) is 17.8 Å². The highest BCUT2D eigenvalue weighted by Gasteiger charge is 2.67. The summed E-state index contributed by atoms with van der Waals surface area (Å²) >= 11 is 0. The van der Waals surface area contributed by atoms with Gasteiger partial charge in [0.15, 0.2) is 5.65 Å². The van der Waals surface area contributed by atoms with Crippen LogP contribution in [-0.4, -0.2) is 41.5 Å². The molecule has 0 aliphatic heterocycles. The summed E-state index contributed by atoms with van der Waals surface area (Å²) in [7, 11) is 0. The molecule has 8 heteroatoms. The zero-order valence-corrected chi connectivity index (χ0v) is 16.4. The number of aliphatic hydroxyl groups is 2. The van der Waals surface area contributed by atoms with Gasteiger partial charge in [0.05, 0.1) is 12.2 Å². The van der Waals surface area contributed by atoms with Gasteiger partial charge in [0, 0.05) is 24.4 Å². The molecular weight excluding hydrogens is 360 g/mol. The van der Waals surface area contributed by atoms with Crippen molar-refractivity contribution in [2.75, 3.05) is 0 Å². The van der Waals surface area contributed by atoms with Crippen LogP contribution < -0.4 is 11.2 Å². The number of rotatable bonds is 5. The molecule has 152 valence electrons. The van der Waals surface area contributed by atoms with Gasteiger partial charge in [-0.15, -0.1) is 0 Å². The average molecular weight is 388 g/mol. The fourth-order valence-corrected chi connectivity index (χ4v) is 6.34. The Hall–Kier alpha value is -1.93. The molecule has 0 spiro atoms. The van der Waals surface area contributed by atoms with Crippen LogP contribution in [0.4, 0.5) is 0 Å². The third-order valence-corrected chi connectivity index (χ3v) is 7.49. The first kappa shape index (κ1) is 18.1. The minimum absolute atomic E-state index is 0.0516. The number of H-pyrrole nitrogens is 1. The summed E-state index contributed by atoms with van der Waals surface area (Å²) in [5, 5.41) is 21.2. The van der Waals surface area contributed by atoms with E-state index < -0.39 is 12.2 Å². The number of aromatic amines is 1. The predicted molar refractivity (Wildman–Crippen MR) is 103 cm³/mol. The van der Waals surface area contributed by atoms with Gasteiger partial charge in [-0.3, -0.25) is 13.9 Å². The summed E-state index contributed by atoms with van der Waals surface area (Å²) in [6, 6.07) is 0. The minimum atomic E-state index is -0.531. The summed E-state index contributed by atoms with van der Waals surface area (Å²) in [6.07, 6.45) is 2.73. The highest BCUT2D eigenvalue weighted by Crippen LogP contribution is 2.65. The fourth-order valence-electron chi connectivity index (χ4n) is 6.34. The largest absolute Gasteiger partial charge is 0.392 e. The van der Waals surface area contributed by atoms with Crippen molar-refractivity contribution in [1.29, 1.82) is 0 Å². The Labute approximate surface area is 162 Å². The quantitative estimate of drug-likeness (QED) is 0.699. The molecule has 0 radical (unpaired) electrons. The second kappa shape index (κ2) is 6.03. The molecule has 4 aliphatic rings. The molecule has 2 aromatic heterocycles. The van der Waals surface area contributed by atoms with E-state index in [2.05, 4.69) is 4.98 Å². The molecular formula is C20H28N4O4. The number of aliphatic hydroxyl groups excluding tert-OH is 2. The molecule has 3 N–H and O–H groups in total. The number of aryl methyl sites for hydroxylation is 1. The van der Waals surface area contributed by atoms with Gasteiger partial charge in [0.25, 0.3) is 5.56 Å². The first-order chi connectivity index (χ1) is 13.4. The van der Waals surface area contributed by atoms with Crippen molar-refractivity contribution in [3.8, 4) is 0 Å². The molecule has 8 nitrogen and oxygen atoms in total. The lowest BCUT2D eigenvalue weighted by Crippen LogP contribution is -2.40. The van der Waals surface area contributed by atoms with Crippen molar-refractivity contribution in [2.45, 2.75) is 76.7 Å². The maximum absolute atomic E-state index is 13.0. The van der Waals surface area contributed by atoms with E-state index in [0.717, 1.165) is 19.3 Å². The van der Waals surface area contributed by atoms with E-state index in [-0.39, 0.29) is 34.4 Å². The van der Waals surface area contributed by atoms with Gasteiger partial charge < -0.3 is 15.2 Å². The lowest BCUT2D eigenvalue weighted by molar-refractivity contribution is -0.0483. The molecule has 0 amide bonds. The van der Waals surface area contributed by atoms with Crippen molar-refractivity contribution in [2.24, 2.45) is 17.8 Å². The number of nitrogens with one attached hydrogen (secondary N) is 1. The smallest absolute Gasteiger partial charge is 0.332 e. The monoisotopic (exact) mass is 388 g/mol. The van der Waals surface area contributed by atoms with Crippen molar-refractivity contribution in [3.63, 3.8) is 0 Å². The summed E-state index contributed by atoms with van der Waals surface area (Å²) in [6.45, 7) is 4.83. The lowest BCUT2D eigenvalue weighted by Gasteiger charge is -2.35. The minimum Gasteiger partial charge on any atom is -0.392 e. The molecule has 4 fully saturated rings. The fraction of sp³-hybridized carbons (Fsp3) is 0.750. The van der Waals surface area contributed by atoms with E-state index in [4.69, 9.17) is 4.98 Å². The highest BCUT2D eigenvalue weighted by molar-refractivity contribution is 5.70. The topological polar surface area (TPSA) is 113 Å². The Morgan fingerprint density at radius 2 is 1.82 bits per heavy atom. The summed E-state index contributed by atoms with van der Waals surface area (Å²) in [4.78, 5) is 33.9. The SMILES string of the molecule is CCCn1c(=O)c2[nH]c(C34CC5C[C@H]3[C@@H](O)[C@H](C4)C5O)nc2n(CCC)c1=O. The van der Waals surface area contributed by atoms with Gasteiger partial charge in [0.2, 0.25) is 0 Å². The van der Waals surface area contributed by atoms with Crippen LogP contribution in [0.15, 0.2) is 9.59 Å². The lowest BCUT2D eigenvalue weighted by atomic mass is 9.73. The van der Waals surface area contributed by atoms with Crippen LogP contribution >= 0.6 is 0 Å². The van der Waals surface area contributed by atoms with E-state index in [1.54, 1.807) is 4.57 Å². The van der Waals surface area contributed by atoms with E-state index in [1.807, 2.05) is 13.8 Å². The van der Waals surface area contributed by atoms with E-state index >= 15 is 0 Å². The number of imidazole rings is 1. The van der Waals surface area contributed by atoms with Crippen LogP contribution in [0.1, 0.15) is 51.8 Å². The molecule has 0 aromatic carbocycles. The Morgan fingerprint density at radius 1 is 1.11 bits per heavy atom. The standard InChI is InChI=1S/C20H28N4O4/c1-3-5-23-16-13(17(27)24(6-4-2)19(23)28)21-18(22-16)20-8-10-7-12(20)15(26)11(9-20)14(10)25/h10-12,14-15,25-26H,3-9H2,1-2H3,(H,21,22)/t10?,11-,12+,14?,15+,20?/m1/s1. The van der Waals surface area contributed by atoms with E-state index in [0.29, 0.717) is 42.9 Å². The van der Waals surface area contributed by atoms with Gasteiger partial charge in [-0.2, -0.15) is 0 Å². The number of hydrogen-bond acceptors (Lipinski definition) is 5. The summed E-state index contributed by atoms with van der Waals surface area (Å²) in [5.41, 5.74) is -0.142. The van der Waals surface area contributed by atoms with Crippen LogP contribution in [0.3, 0.4) is 0 Å². The highest BCUT2D eigenvalue weighted by atomic mass is 16.3. The maximum atomic E-state index is 13.0. The molecule has 6 atom stereocenters. The molecule has 2 heterocycles. The van der Waals surface area contributed by atoms with Crippen LogP contribution in [-0.2, 0) is 18.5 Å². The van der Waals surface area contributed by atoms with Gasteiger partial charge in [-0.25, -0.2) is 9.78 Å². The zero-order chi connectivity index (χ0) is 19.8. The Bertz CT molecular complexity index is 1050. The normalized spacial score (nSPS) is 36.1. The molecule has 4 saturated carbocycles. The van der Waals surface area contributed by atoms with Crippen molar-refractivity contribution in [3.05, 3.63) is 26.7 Å². The van der Waals surface area contributed by atoms with Gasteiger partial charge in [0.1, 0.15) is 11.3 Å². The second-order valence-electron chi connectivity index (χ2n) is 8.99. The molecule has 3 unspecified atom stereocenters. The average Bonchev–Trinajstić information content (AvgIpc) is 3.31. The molecule has 2 aromatic rings. The summed E-state index contributed by atoms with van der Waals surface area (Å²) < 4.78 is 2.91. The van der Waals surface area contributed by atoms with Crippen LogP contribution in [0.2, 0.25) is 0 Å². The predicted octanol–water partition coefficient (Wildman–Crippen LogP) is 0.726. The molecule has 4 bridgehead atoms. The molecule has 6 rings (SSSR count). The molecule has 0 saturated heterocycles. The number of fused-ring (bicyclic) bond motifs is 1. The van der Waals surface area contributed by atoms with Crippen molar-refractivity contribution >= 4 is 11.2 Å². The first-order valence-electron chi connectivity index (χ1n) is 10.5. The maximum Gasteiger partial charge on any atom is 0.332 e. The Morgan fingerprint density at radius 3 is 2.54 bits per heavy atom. The van der Waals surface area contributed by atoms with Gasteiger partial charge >= 0.3 is 5.69 Å². The first-order valence-corrected chi connectivity index (χ1v) is 10.5. The Balaban J connectivity index is 1.71. The van der Waals surface area contributed by atoms with Crippen molar-refractivity contribution in [1.82, 2.24) is 19.1 Å². The third-order valence-electron chi connectivity index (χ3n) is 7.49. The summed E-state index contributed by atoms with van der Waals surface area (Å²) in [5.74, 6) is 0.810. The van der Waals surface area contributed by atoms with Gasteiger partial charge in [-0.05, 0) is 43.9 Å². The van der Waals surface area contributed by atoms with Gasteiger partial charge in [-0.1, -0.05) is 13.8 Å². The Kier molecular flexibility index (Phi) is 3.90. The zero-order valence-electron chi connectivity index (χ0n) is 16.4. The number of nitrogens with zero attached hydrogens (tertiary/aromatic N) is 3. The van der Waals surface area contributed by atoms with Crippen LogP contribution in [0.25, 0.3) is 11.2 Å². The number of hydrogen-bond donors (Lipinski definition) is 3. The van der Waals surface area contributed by atoms with E-state index in [9.17, 15) is 19.8 Å². The van der Waals surface area contributed by atoms with E-state index in [1.165, 1.54) is 4.57 Å². The number of aromatic nitrogens is 4. The second-order valence-corrected chi connectivity index (χ2v) is 8.99. The molecule has 4 aliphatic carbocycles. The molecule has 28 heavy (non-hydrogen) atoms. The third kappa shape index (κ3) is 2.10. The van der Waals surface area contributed by atoms with Crippen LogP contribution in [0.5, 0.6) is 0 Å². The van der Waals surface area contributed by atoms with Crippen molar-refractivity contribution < 1.29 is 10.2 Å².